The van der Waals surface area contributed by atoms with Crippen LogP contribution in [0, 0.1) is 5.41 Å². The van der Waals surface area contributed by atoms with Crippen molar-refractivity contribution in [2.24, 2.45) is 16.9 Å². The van der Waals surface area contributed by atoms with E-state index in [0.29, 0.717) is 4.48 Å². The summed E-state index contributed by atoms with van der Waals surface area (Å²) in [5.41, 5.74) is 7.93. The first-order valence-electron chi connectivity index (χ1n) is 5.88. The Bertz CT molecular complexity index is 557. The molecule has 23 heavy (non-hydrogen) atoms. The van der Waals surface area contributed by atoms with Gasteiger partial charge in [0.2, 0.25) is 6.79 Å². The molecule has 0 saturated heterocycles. The number of halogens is 1. The van der Waals surface area contributed by atoms with Crippen LogP contribution in [0.1, 0.15) is 13.3 Å². The van der Waals surface area contributed by atoms with Crippen molar-refractivity contribution in [3.05, 3.63) is 22.2 Å². The number of allylic oxidation sites excluding steroid dienone is 2. The Kier molecular flexibility index (Phi) is 7.80. The molecule has 0 radical (unpaired) electrons. The van der Waals surface area contributed by atoms with Gasteiger partial charge in [-0.25, -0.2) is 14.4 Å². The summed E-state index contributed by atoms with van der Waals surface area (Å²) in [6, 6.07) is 0. The number of hydrogen-bond donors (Lipinski definition) is 4. The summed E-state index contributed by atoms with van der Waals surface area (Å²) in [5.74, 6) is -2.11. The fourth-order valence-electron chi connectivity index (χ4n) is 1.43. The van der Waals surface area contributed by atoms with Crippen LogP contribution >= 0.6 is 15.9 Å². The number of carboxylic acids is 2. The van der Waals surface area contributed by atoms with Crippen LogP contribution in [0.2, 0.25) is 0 Å². The highest BCUT2D eigenvalue weighted by atomic mass is 79.9. The maximum absolute atomic E-state index is 10.9. The summed E-state index contributed by atoms with van der Waals surface area (Å²) in [4.78, 5) is 41.1. The van der Waals surface area contributed by atoms with Gasteiger partial charge in [0.05, 0.1) is 5.41 Å². The van der Waals surface area contributed by atoms with Gasteiger partial charge in [-0.05, 0) is 19.4 Å². The highest BCUT2D eigenvalue weighted by molar-refractivity contribution is 9.11. The van der Waals surface area contributed by atoms with E-state index in [0.717, 1.165) is 0 Å². The van der Waals surface area contributed by atoms with E-state index in [4.69, 9.17) is 10.2 Å². The third-order valence-corrected chi connectivity index (χ3v) is 2.95. The molecule has 0 aliphatic heterocycles. The zero-order valence-corrected chi connectivity index (χ0v) is 13.5. The van der Waals surface area contributed by atoms with E-state index < -0.39 is 36.3 Å². The van der Waals surface area contributed by atoms with Gasteiger partial charge in [0.1, 0.15) is 0 Å². The van der Waals surface area contributed by atoms with Crippen LogP contribution in [0.4, 0.5) is 9.59 Å². The molecular formula is C12H15BrN2O8. The van der Waals surface area contributed by atoms with E-state index in [2.05, 4.69) is 36.9 Å². The lowest BCUT2D eigenvalue weighted by atomic mass is 9.80. The lowest BCUT2D eigenvalue weighted by molar-refractivity contribution is -0.145. The van der Waals surface area contributed by atoms with Crippen LogP contribution in [0.3, 0.4) is 0 Å². The largest absolute Gasteiger partial charge is 0.481 e. The number of primary amides is 2. The lowest BCUT2D eigenvalue weighted by Gasteiger charge is -2.24. The first-order valence-corrected chi connectivity index (χ1v) is 6.67. The van der Waals surface area contributed by atoms with Crippen molar-refractivity contribution >= 4 is 40.1 Å². The minimum atomic E-state index is -1.14. The van der Waals surface area contributed by atoms with E-state index in [1.54, 1.807) is 0 Å². The predicted octanol–water partition coefficient (Wildman–Crippen LogP) is 0.905. The summed E-state index contributed by atoms with van der Waals surface area (Å²) in [6.07, 6.45) is 0.897. The van der Waals surface area contributed by atoms with Crippen molar-refractivity contribution < 1.29 is 38.9 Å². The van der Waals surface area contributed by atoms with Crippen molar-refractivity contribution in [3.8, 4) is 0 Å². The molecule has 0 aromatic heterocycles. The average molecular weight is 395 g/mol. The Balaban J connectivity index is 0.000000468. The first-order chi connectivity index (χ1) is 10.5. The Morgan fingerprint density at radius 1 is 1.22 bits per heavy atom. The normalized spacial score (nSPS) is 19.2. The maximum atomic E-state index is 10.9. The van der Waals surface area contributed by atoms with Crippen LogP contribution in [0.25, 0.3) is 0 Å². The summed E-state index contributed by atoms with van der Waals surface area (Å²) in [5, 5.41) is 17.7. The quantitative estimate of drug-likeness (QED) is 0.507. The number of amides is 2. The topological polar surface area (TPSA) is 179 Å². The molecule has 0 heterocycles. The van der Waals surface area contributed by atoms with E-state index >= 15 is 0 Å². The van der Waals surface area contributed by atoms with Gasteiger partial charge in [-0.2, -0.15) is 0 Å². The molecule has 0 fully saturated rings. The number of carbonyl (C=O) groups is 4. The van der Waals surface area contributed by atoms with Crippen molar-refractivity contribution in [1.82, 2.24) is 0 Å². The molecule has 1 aliphatic carbocycles. The van der Waals surface area contributed by atoms with Gasteiger partial charge in [-0.15, -0.1) is 0 Å². The molecule has 1 atom stereocenters. The van der Waals surface area contributed by atoms with Crippen LogP contribution < -0.4 is 11.5 Å². The van der Waals surface area contributed by atoms with Gasteiger partial charge < -0.3 is 31.2 Å². The van der Waals surface area contributed by atoms with E-state index in [9.17, 15) is 19.2 Å². The molecule has 128 valence electrons. The molecule has 2 amide bonds. The fourth-order valence-corrected chi connectivity index (χ4v) is 2.21. The van der Waals surface area contributed by atoms with Crippen LogP contribution in [-0.2, 0) is 19.1 Å². The number of hydrogen-bond acceptors (Lipinski definition) is 6. The Morgan fingerprint density at radius 2 is 1.70 bits per heavy atom. The van der Waals surface area contributed by atoms with Crippen molar-refractivity contribution in [2.75, 3.05) is 6.79 Å². The van der Waals surface area contributed by atoms with Gasteiger partial charge in [0.15, 0.2) is 0 Å². The second-order valence-electron chi connectivity index (χ2n) is 4.45. The highest BCUT2D eigenvalue weighted by Crippen LogP contribution is 2.35. The summed E-state index contributed by atoms with van der Waals surface area (Å²) < 4.78 is 8.43. The fraction of sp³-hybridized carbons (Fsp3) is 0.333. The molecule has 0 saturated carbocycles. The van der Waals surface area contributed by atoms with Gasteiger partial charge in [0.25, 0.3) is 0 Å². The molecular weight excluding hydrogens is 380 g/mol. The summed E-state index contributed by atoms with van der Waals surface area (Å²) in [7, 11) is 0. The minimum Gasteiger partial charge on any atom is -0.481 e. The van der Waals surface area contributed by atoms with E-state index in [1.165, 1.54) is 19.1 Å². The van der Waals surface area contributed by atoms with Crippen LogP contribution in [-0.4, -0.2) is 41.1 Å². The molecule has 6 N–H and O–H groups in total. The smallest absolute Gasteiger partial charge is 0.407 e. The second-order valence-corrected chi connectivity index (χ2v) is 5.36. The van der Waals surface area contributed by atoms with Crippen molar-refractivity contribution in [3.63, 3.8) is 0 Å². The molecule has 0 aromatic carbocycles. The van der Waals surface area contributed by atoms with Crippen LogP contribution in [0.15, 0.2) is 22.2 Å². The number of rotatable bonds is 4. The highest BCUT2D eigenvalue weighted by Gasteiger charge is 2.36. The van der Waals surface area contributed by atoms with Gasteiger partial charge in [-0.1, -0.05) is 22.0 Å². The molecule has 0 bridgehead atoms. The van der Waals surface area contributed by atoms with Crippen molar-refractivity contribution in [1.29, 1.82) is 0 Å². The average Bonchev–Trinajstić information content (AvgIpc) is 2.37. The first kappa shape index (κ1) is 20.4. The number of carboxylic acid groups (broad SMARTS) is 2. The Labute approximate surface area is 138 Å². The maximum Gasteiger partial charge on any atom is 0.407 e. The third kappa shape index (κ3) is 7.85. The molecule has 1 unspecified atom stereocenters. The predicted molar refractivity (Wildman–Crippen MR) is 79.3 cm³/mol. The van der Waals surface area contributed by atoms with Gasteiger partial charge >= 0.3 is 24.1 Å². The number of aliphatic carboxylic acids is 2. The van der Waals surface area contributed by atoms with Gasteiger partial charge in [0, 0.05) is 10.1 Å². The number of carbonyl (C=O) groups excluding carboxylic acids is 2. The molecule has 0 spiro atoms. The Morgan fingerprint density at radius 3 is 2.04 bits per heavy atom. The summed E-state index contributed by atoms with van der Waals surface area (Å²) >= 11 is 3.10. The SMILES string of the molecule is CC1(C(=O)O)C=C(Br)C=C(C(=O)O)C1.NC(=O)OCOC(N)=O. The van der Waals surface area contributed by atoms with Crippen molar-refractivity contribution in [2.45, 2.75) is 13.3 Å². The minimum absolute atomic E-state index is 0.00671. The molecule has 1 aliphatic rings. The van der Waals surface area contributed by atoms with Crippen LogP contribution in [0.5, 0.6) is 0 Å². The molecule has 10 nitrogen and oxygen atoms in total. The summed E-state index contributed by atoms with van der Waals surface area (Å²) in [6.45, 7) is 0.956. The van der Waals surface area contributed by atoms with Gasteiger partial charge in [-0.3, -0.25) is 4.79 Å². The standard InChI is InChI=1S/C9H9BrO4.C3H6N2O4/c1-9(8(13)14)3-5(7(11)12)2-6(10)4-9;4-2(6)8-1-9-3(5)7/h2,4H,3H2,1H3,(H,11,12)(H,13,14);1H2,(H2,4,6)(H2,5,7). The molecule has 11 heteroatoms. The number of ether oxygens (including phenoxy) is 2. The second kappa shape index (κ2) is 8.78. The number of nitrogens with two attached hydrogens (primary N) is 2. The zero-order valence-electron chi connectivity index (χ0n) is 11.9. The Hall–Kier alpha value is -2.56. The lowest BCUT2D eigenvalue weighted by Crippen LogP contribution is -2.29. The molecule has 1 rings (SSSR count). The van der Waals surface area contributed by atoms with E-state index in [-0.39, 0.29) is 12.0 Å². The zero-order chi connectivity index (χ0) is 18.2. The van der Waals surface area contributed by atoms with E-state index in [1.807, 2.05) is 0 Å². The third-order valence-electron chi connectivity index (χ3n) is 2.49. The molecule has 0 aromatic rings. The monoisotopic (exact) mass is 394 g/mol.